The Morgan fingerprint density at radius 3 is 2.74 bits per heavy atom. The lowest BCUT2D eigenvalue weighted by atomic mass is 10.1. The summed E-state index contributed by atoms with van der Waals surface area (Å²) in [5.41, 5.74) is 1.21. The number of rotatable bonds is 8. The molecule has 1 fully saturated rings. The van der Waals surface area contributed by atoms with Crippen LogP contribution in [0.5, 0.6) is 0 Å². The fourth-order valence-electron chi connectivity index (χ4n) is 2.99. The third-order valence-electron chi connectivity index (χ3n) is 4.47. The van der Waals surface area contributed by atoms with Crippen molar-refractivity contribution in [1.29, 1.82) is 0 Å². The van der Waals surface area contributed by atoms with Gasteiger partial charge in [0.25, 0.3) is 0 Å². The van der Waals surface area contributed by atoms with Gasteiger partial charge in [-0.05, 0) is 18.9 Å². The van der Waals surface area contributed by atoms with E-state index in [-0.39, 0.29) is 29.9 Å². The minimum atomic E-state index is 0. The normalized spacial score (nSPS) is 16.8. The highest BCUT2D eigenvalue weighted by atomic mass is 127. The Morgan fingerprint density at radius 1 is 1.33 bits per heavy atom. The number of ether oxygens (including phenoxy) is 1. The SMILES string of the molecule is CCNC(=NCCC(=O)N(C)C)N1CCC(COCc2ccccc2)C1.I. The minimum Gasteiger partial charge on any atom is -0.376 e. The number of guanidine groups is 1. The molecule has 152 valence electrons. The molecule has 6 nitrogen and oxygen atoms in total. The first-order chi connectivity index (χ1) is 12.6. The summed E-state index contributed by atoms with van der Waals surface area (Å²) < 4.78 is 5.89. The number of likely N-dealkylation sites (tertiary alicyclic amines) is 1. The summed E-state index contributed by atoms with van der Waals surface area (Å²) in [5.74, 6) is 1.54. The van der Waals surface area contributed by atoms with Crippen LogP contribution >= 0.6 is 24.0 Å². The van der Waals surface area contributed by atoms with E-state index in [4.69, 9.17) is 4.74 Å². The first-order valence-electron chi connectivity index (χ1n) is 9.45. The molecule has 1 heterocycles. The van der Waals surface area contributed by atoms with Gasteiger partial charge in [0.15, 0.2) is 5.96 Å². The Labute approximate surface area is 180 Å². The van der Waals surface area contributed by atoms with Crippen molar-refractivity contribution < 1.29 is 9.53 Å². The molecular weight excluding hydrogens is 455 g/mol. The number of benzene rings is 1. The summed E-state index contributed by atoms with van der Waals surface area (Å²) in [7, 11) is 3.55. The van der Waals surface area contributed by atoms with Gasteiger partial charge in [0.2, 0.25) is 5.91 Å². The fourth-order valence-corrected chi connectivity index (χ4v) is 2.99. The zero-order chi connectivity index (χ0) is 18.8. The Balaban J connectivity index is 0.00000364. The van der Waals surface area contributed by atoms with E-state index >= 15 is 0 Å². The highest BCUT2D eigenvalue weighted by Gasteiger charge is 2.25. The van der Waals surface area contributed by atoms with Gasteiger partial charge in [-0.1, -0.05) is 30.3 Å². The molecule has 0 spiro atoms. The molecule has 1 aliphatic rings. The Bertz CT molecular complexity index is 581. The fraction of sp³-hybridized carbons (Fsp3) is 0.600. The van der Waals surface area contributed by atoms with Crippen LogP contribution in [0.1, 0.15) is 25.3 Å². The number of carbonyl (C=O) groups excluding carboxylic acids is 1. The maximum atomic E-state index is 11.7. The molecule has 1 N–H and O–H groups in total. The van der Waals surface area contributed by atoms with Crippen LogP contribution in [-0.4, -0.2) is 68.5 Å². The number of carbonyl (C=O) groups is 1. The molecule has 0 aromatic heterocycles. The van der Waals surface area contributed by atoms with E-state index in [0.29, 0.717) is 25.5 Å². The van der Waals surface area contributed by atoms with E-state index in [1.807, 2.05) is 18.2 Å². The van der Waals surface area contributed by atoms with Gasteiger partial charge < -0.3 is 19.9 Å². The van der Waals surface area contributed by atoms with Crippen LogP contribution in [0.3, 0.4) is 0 Å². The number of aliphatic imine (C=N–C) groups is 1. The van der Waals surface area contributed by atoms with Crippen LogP contribution in [0.15, 0.2) is 35.3 Å². The molecule has 1 aromatic rings. The summed E-state index contributed by atoms with van der Waals surface area (Å²) in [5, 5.41) is 3.34. The monoisotopic (exact) mass is 488 g/mol. The van der Waals surface area contributed by atoms with Crippen molar-refractivity contribution in [3.05, 3.63) is 35.9 Å². The van der Waals surface area contributed by atoms with E-state index in [1.165, 1.54) is 5.56 Å². The molecule has 1 saturated heterocycles. The number of hydrogen-bond donors (Lipinski definition) is 1. The quantitative estimate of drug-likeness (QED) is 0.347. The number of halogens is 1. The second-order valence-electron chi connectivity index (χ2n) is 6.88. The molecular formula is C20H33IN4O2. The molecule has 7 heteroatoms. The van der Waals surface area contributed by atoms with Crippen LogP contribution in [0.2, 0.25) is 0 Å². The van der Waals surface area contributed by atoms with Crippen LogP contribution in [0.4, 0.5) is 0 Å². The first kappa shape index (κ1) is 23.7. The lowest BCUT2D eigenvalue weighted by Gasteiger charge is -2.22. The van der Waals surface area contributed by atoms with Crippen LogP contribution < -0.4 is 5.32 Å². The Hall–Kier alpha value is -1.35. The maximum absolute atomic E-state index is 11.7. The number of hydrogen-bond acceptors (Lipinski definition) is 3. The number of nitrogens with one attached hydrogen (secondary N) is 1. The van der Waals surface area contributed by atoms with Gasteiger partial charge in [-0.15, -0.1) is 24.0 Å². The standard InChI is InChI=1S/C20H32N4O2.HI/c1-4-21-20(22-12-10-19(25)23(2)3)24-13-11-18(14-24)16-26-15-17-8-6-5-7-9-17;/h5-9,18H,4,10-16H2,1-3H3,(H,21,22);1H. The van der Waals surface area contributed by atoms with Crippen molar-refractivity contribution in [2.75, 3.05) is 46.9 Å². The van der Waals surface area contributed by atoms with E-state index in [0.717, 1.165) is 38.6 Å². The maximum Gasteiger partial charge on any atom is 0.223 e. The summed E-state index contributed by atoms with van der Waals surface area (Å²) in [6, 6.07) is 10.3. The second kappa shape index (κ2) is 12.9. The van der Waals surface area contributed by atoms with Crippen molar-refractivity contribution in [1.82, 2.24) is 15.1 Å². The molecule has 0 bridgehead atoms. The minimum absolute atomic E-state index is 0. The van der Waals surface area contributed by atoms with Crippen molar-refractivity contribution in [3.8, 4) is 0 Å². The molecule has 0 saturated carbocycles. The van der Waals surface area contributed by atoms with Crippen molar-refractivity contribution in [2.45, 2.75) is 26.4 Å². The summed E-state index contributed by atoms with van der Waals surface area (Å²) >= 11 is 0. The number of nitrogens with zero attached hydrogens (tertiary/aromatic N) is 3. The smallest absolute Gasteiger partial charge is 0.223 e. The molecule has 27 heavy (non-hydrogen) atoms. The predicted octanol–water partition coefficient (Wildman–Crippen LogP) is 2.59. The van der Waals surface area contributed by atoms with Gasteiger partial charge in [-0.3, -0.25) is 9.79 Å². The first-order valence-corrected chi connectivity index (χ1v) is 9.45. The topological polar surface area (TPSA) is 57.2 Å². The zero-order valence-electron chi connectivity index (χ0n) is 16.7. The van der Waals surface area contributed by atoms with Gasteiger partial charge in [-0.2, -0.15) is 0 Å². The molecule has 2 rings (SSSR count). The van der Waals surface area contributed by atoms with Gasteiger partial charge in [-0.25, -0.2) is 0 Å². The highest BCUT2D eigenvalue weighted by Crippen LogP contribution is 2.17. The van der Waals surface area contributed by atoms with Gasteiger partial charge in [0.05, 0.1) is 19.8 Å². The van der Waals surface area contributed by atoms with Crippen LogP contribution in [0.25, 0.3) is 0 Å². The van der Waals surface area contributed by atoms with E-state index in [2.05, 4.69) is 34.3 Å². The summed E-state index contributed by atoms with van der Waals surface area (Å²) in [6.07, 6.45) is 1.55. The average molecular weight is 488 g/mol. The van der Waals surface area contributed by atoms with Crippen LogP contribution in [-0.2, 0) is 16.1 Å². The van der Waals surface area contributed by atoms with Crippen LogP contribution in [0, 0.1) is 5.92 Å². The van der Waals surface area contributed by atoms with E-state index in [9.17, 15) is 4.79 Å². The zero-order valence-corrected chi connectivity index (χ0v) is 19.0. The molecule has 1 aliphatic heterocycles. The third kappa shape index (κ3) is 8.47. The molecule has 1 unspecified atom stereocenters. The van der Waals surface area contributed by atoms with Gasteiger partial charge in [0, 0.05) is 46.1 Å². The molecule has 1 atom stereocenters. The van der Waals surface area contributed by atoms with Gasteiger partial charge >= 0.3 is 0 Å². The van der Waals surface area contributed by atoms with E-state index < -0.39 is 0 Å². The Morgan fingerprint density at radius 2 is 2.07 bits per heavy atom. The van der Waals surface area contributed by atoms with Crippen molar-refractivity contribution in [2.24, 2.45) is 10.9 Å². The molecule has 1 amide bonds. The molecule has 0 aliphatic carbocycles. The second-order valence-corrected chi connectivity index (χ2v) is 6.88. The predicted molar refractivity (Wildman–Crippen MR) is 120 cm³/mol. The van der Waals surface area contributed by atoms with Crippen molar-refractivity contribution >= 4 is 35.8 Å². The Kier molecular flexibility index (Phi) is 11.3. The summed E-state index contributed by atoms with van der Waals surface area (Å²) in [6.45, 7) is 6.77. The summed E-state index contributed by atoms with van der Waals surface area (Å²) in [4.78, 5) is 20.2. The average Bonchev–Trinajstić information content (AvgIpc) is 3.10. The van der Waals surface area contributed by atoms with E-state index in [1.54, 1.807) is 19.0 Å². The molecule has 1 aromatic carbocycles. The number of amides is 1. The molecule has 0 radical (unpaired) electrons. The largest absolute Gasteiger partial charge is 0.376 e. The lowest BCUT2D eigenvalue weighted by Crippen LogP contribution is -2.40. The van der Waals surface area contributed by atoms with Crippen molar-refractivity contribution in [3.63, 3.8) is 0 Å². The highest BCUT2D eigenvalue weighted by molar-refractivity contribution is 14.0. The lowest BCUT2D eigenvalue weighted by molar-refractivity contribution is -0.128. The third-order valence-corrected chi connectivity index (χ3v) is 4.47. The van der Waals surface area contributed by atoms with Gasteiger partial charge in [0.1, 0.15) is 0 Å².